The van der Waals surface area contributed by atoms with Crippen molar-refractivity contribution in [2.45, 2.75) is 39.5 Å². The Kier molecular flexibility index (Phi) is 4.94. The molecule has 1 aromatic heterocycles. The number of unbranched alkanes of at least 4 members (excludes halogenated alkanes) is 2. The first kappa shape index (κ1) is 16.2. The number of carbonyl (C=O) groups excluding carboxylic acids is 1. The number of hydrogen-bond donors (Lipinski definition) is 1. The van der Waals surface area contributed by atoms with Gasteiger partial charge in [-0.1, -0.05) is 38.0 Å². The summed E-state index contributed by atoms with van der Waals surface area (Å²) < 4.78 is 5.85. The molecule has 4 heteroatoms. The van der Waals surface area contributed by atoms with Crippen LogP contribution >= 0.6 is 0 Å². The summed E-state index contributed by atoms with van der Waals surface area (Å²) in [6.07, 6.45) is 3.67. The normalized spacial score (nSPS) is 10.9. The Morgan fingerprint density at radius 3 is 2.79 bits per heavy atom. The summed E-state index contributed by atoms with van der Waals surface area (Å²) >= 11 is 0. The molecule has 0 atom stereocenters. The summed E-state index contributed by atoms with van der Waals surface area (Å²) in [6.45, 7) is 4.16. The maximum Gasteiger partial charge on any atom is 0.227 e. The van der Waals surface area contributed by atoms with Crippen molar-refractivity contribution in [1.29, 1.82) is 0 Å². The quantitative estimate of drug-likeness (QED) is 0.625. The minimum atomic E-state index is 0.0467. The molecule has 2 aromatic carbocycles. The Morgan fingerprint density at radius 1 is 1.17 bits per heavy atom. The van der Waals surface area contributed by atoms with Gasteiger partial charge >= 0.3 is 0 Å². The van der Waals surface area contributed by atoms with Gasteiger partial charge in [-0.15, -0.1) is 0 Å². The lowest BCUT2D eigenvalue weighted by atomic mass is 10.1. The number of carbonyl (C=O) groups is 1. The molecule has 0 unspecified atom stereocenters. The Hall–Kier alpha value is -2.62. The molecule has 1 amide bonds. The van der Waals surface area contributed by atoms with Crippen molar-refractivity contribution >= 4 is 22.7 Å². The summed E-state index contributed by atoms with van der Waals surface area (Å²) in [4.78, 5) is 16.5. The van der Waals surface area contributed by atoms with Gasteiger partial charge in [-0.3, -0.25) is 4.79 Å². The highest BCUT2D eigenvalue weighted by molar-refractivity contribution is 5.93. The second kappa shape index (κ2) is 7.30. The van der Waals surface area contributed by atoms with Crippen molar-refractivity contribution in [3.8, 4) is 11.5 Å². The first-order chi connectivity index (χ1) is 11.7. The summed E-state index contributed by atoms with van der Waals surface area (Å²) in [6, 6.07) is 13.6. The number of anilines is 1. The third kappa shape index (κ3) is 3.65. The van der Waals surface area contributed by atoms with Crippen LogP contribution in [0.15, 0.2) is 46.9 Å². The Morgan fingerprint density at radius 2 is 2.00 bits per heavy atom. The van der Waals surface area contributed by atoms with Gasteiger partial charge < -0.3 is 9.73 Å². The highest BCUT2D eigenvalue weighted by Gasteiger charge is 2.11. The van der Waals surface area contributed by atoms with Gasteiger partial charge in [-0.25, -0.2) is 4.98 Å². The van der Waals surface area contributed by atoms with Crippen LogP contribution in [0.25, 0.3) is 22.6 Å². The largest absolute Gasteiger partial charge is 0.436 e. The van der Waals surface area contributed by atoms with E-state index in [0.717, 1.165) is 47.2 Å². The standard InChI is InChI=1S/C20H22N2O2/c1-3-4-5-10-19(23)21-15-11-12-18-17(13-15)22-20(24-18)16-9-7-6-8-14(16)2/h6-9,11-13H,3-5,10H2,1-2H3,(H,21,23). The average molecular weight is 322 g/mol. The lowest BCUT2D eigenvalue weighted by Crippen LogP contribution is -2.10. The van der Waals surface area contributed by atoms with Gasteiger partial charge in [0.05, 0.1) is 0 Å². The van der Waals surface area contributed by atoms with Crippen molar-refractivity contribution in [2.75, 3.05) is 5.32 Å². The molecule has 0 radical (unpaired) electrons. The number of nitrogens with one attached hydrogen (secondary N) is 1. The van der Waals surface area contributed by atoms with Gasteiger partial charge in [0.2, 0.25) is 11.8 Å². The summed E-state index contributed by atoms with van der Waals surface area (Å²) in [5.74, 6) is 0.653. The summed E-state index contributed by atoms with van der Waals surface area (Å²) in [5, 5.41) is 2.93. The van der Waals surface area contributed by atoms with Crippen LogP contribution in [0.1, 0.15) is 38.2 Å². The third-order valence-corrected chi connectivity index (χ3v) is 4.05. The number of oxazole rings is 1. The molecule has 24 heavy (non-hydrogen) atoms. The molecule has 4 nitrogen and oxygen atoms in total. The zero-order chi connectivity index (χ0) is 16.9. The monoisotopic (exact) mass is 322 g/mol. The Labute approximate surface area is 141 Å². The molecule has 0 spiro atoms. The Bertz CT molecular complexity index is 852. The molecule has 0 bridgehead atoms. The lowest BCUT2D eigenvalue weighted by Gasteiger charge is -2.04. The number of nitrogens with zero attached hydrogens (tertiary/aromatic N) is 1. The third-order valence-electron chi connectivity index (χ3n) is 4.05. The number of fused-ring (bicyclic) bond motifs is 1. The van der Waals surface area contributed by atoms with E-state index in [4.69, 9.17) is 4.42 Å². The van der Waals surface area contributed by atoms with E-state index in [-0.39, 0.29) is 5.91 Å². The maximum atomic E-state index is 11.9. The summed E-state index contributed by atoms with van der Waals surface area (Å²) in [5.41, 5.74) is 4.33. The van der Waals surface area contributed by atoms with Crippen molar-refractivity contribution in [3.05, 3.63) is 48.0 Å². The minimum absolute atomic E-state index is 0.0467. The molecule has 1 heterocycles. The highest BCUT2D eigenvalue weighted by atomic mass is 16.3. The van der Waals surface area contributed by atoms with Crippen molar-refractivity contribution in [1.82, 2.24) is 4.98 Å². The maximum absolute atomic E-state index is 11.9. The molecule has 1 N–H and O–H groups in total. The highest BCUT2D eigenvalue weighted by Crippen LogP contribution is 2.28. The van der Waals surface area contributed by atoms with Gasteiger partial charge in [-0.05, 0) is 43.2 Å². The van der Waals surface area contributed by atoms with Gasteiger partial charge in [0.1, 0.15) is 5.52 Å². The van der Waals surface area contributed by atoms with Crippen LogP contribution in [0.3, 0.4) is 0 Å². The van der Waals surface area contributed by atoms with Crippen LogP contribution in [-0.2, 0) is 4.79 Å². The second-order valence-electron chi connectivity index (χ2n) is 6.02. The molecule has 3 aromatic rings. The second-order valence-corrected chi connectivity index (χ2v) is 6.02. The lowest BCUT2D eigenvalue weighted by molar-refractivity contribution is -0.116. The number of benzene rings is 2. The van der Waals surface area contributed by atoms with Crippen LogP contribution in [0.5, 0.6) is 0 Å². The van der Waals surface area contributed by atoms with Crippen LogP contribution in [0, 0.1) is 6.92 Å². The summed E-state index contributed by atoms with van der Waals surface area (Å²) in [7, 11) is 0. The number of aryl methyl sites for hydroxylation is 1. The zero-order valence-electron chi connectivity index (χ0n) is 14.1. The first-order valence-corrected chi connectivity index (χ1v) is 8.44. The van der Waals surface area contributed by atoms with E-state index < -0.39 is 0 Å². The Balaban J connectivity index is 1.79. The van der Waals surface area contributed by atoms with Gasteiger partial charge in [0.25, 0.3) is 0 Å². The van der Waals surface area contributed by atoms with Crippen molar-refractivity contribution in [3.63, 3.8) is 0 Å². The SMILES string of the molecule is CCCCCC(=O)Nc1ccc2oc(-c3ccccc3C)nc2c1. The van der Waals surface area contributed by atoms with E-state index in [1.807, 2.05) is 49.4 Å². The predicted octanol–water partition coefficient (Wildman–Crippen LogP) is 5.32. The van der Waals surface area contributed by atoms with Crippen LogP contribution in [0.2, 0.25) is 0 Å². The van der Waals surface area contributed by atoms with Crippen LogP contribution in [0.4, 0.5) is 5.69 Å². The van der Waals surface area contributed by atoms with E-state index in [9.17, 15) is 4.79 Å². The van der Waals surface area contributed by atoms with Crippen molar-refractivity contribution < 1.29 is 9.21 Å². The molecule has 0 aliphatic heterocycles. The number of amides is 1. The molecule has 0 aliphatic rings. The molecule has 3 rings (SSSR count). The van der Waals surface area contributed by atoms with Crippen LogP contribution in [-0.4, -0.2) is 10.9 Å². The van der Waals surface area contributed by atoms with E-state index in [0.29, 0.717) is 12.3 Å². The smallest absolute Gasteiger partial charge is 0.227 e. The molecule has 0 saturated heterocycles. The van der Waals surface area contributed by atoms with Gasteiger partial charge in [0, 0.05) is 17.7 Å². The average Bonchev–Trinajstić information content (AvgIpc) is 2.98. The molecule has 0 saturated carbocycles. The van der Waals surface area contributed by atoms with Gasteiger partial charge in [0.15, 0.2) is 5.58 Å². The molecule has 124 valence electrons. The van der Waals surface area contributed by atoms with Crippen molar-refractivity contribution in [2.24, 2.45) is 0 Å². The zero-order valence-corrected chi connectivity index (χ0v) is 14.1. The van der Waals surface area contributed by atoms with E-state index in [1.54, 1.807) is 0 Å². The van der Waals surface area contributed by atoms with E-state index >= 15 is 0 Å². The topological polar surface area (TPSA) is 55.1 Å². The minimum Gasteiger partial charge on any atom is -0.436 e. The fourth-order valence-corrected chi connectivity index (χ4v) is 2.69. The molecule has 0 fully saturated rings. The number of aromatic nitrogens is 1. The van der Waals surface area contributed by atoms with Gasteiger partial charge in [-0.2, -0.15) is 0 Å². The molecule has 0 aliphatic carbocycles. The number of rotatable bonds is 6. The number of hydrogen-bond acceptors (Lipinski definition) is 3. The molecular formula is C20H22N2O2. The fraction of sp³-hybridized carbons (Fsp3) is 0.300. The van der Waals surface area contributed by atoms with E-state index in [2.05, 4.69) is 17.2 Å². The van der Waals surface area contributed by atoms with E-state index in [1.165, 1.54) is 0 Å². The predicted molar refractivity (Wildman–Crippen MR) is 97.0 cm³/mol. The van der Waals surface area contributed by atoms with Crippen LogP contribution < -0.4 is 5.32 Å². The molecular weight excluding hydrogens is 300 g/mol. The first-order valence-electron chi connectivity index (χ1n) is 8.44. The fourth-order valence-electron chi connectivity index (χ4n) is 2.69.